The van der Waals surface area contributed by atoms with E-state index in [2.05, 4.69) is 15.0 Å². The molecule has 202 valence electrons. The Morgan fingerprint density at radius 2 is 2.02 bits per heavy atom. The van der Waals surface area contributed by atoms with Crippen LogP contribution in [0.1, 0.15) is 27.3 Å². The normalized spacial score (nSPS) is 11.6. The molecule has 2 aromatic carbocycles. The third-order valence-corrected chi connectivity index (χ3v) is 7.26. The first-order valence-electron chi connectivity index (χ1n) is 11.4. The van der Waals surface area contributed by atoms with Crippen molar-refractivity contribution < 1.29 is 27.8 Å². The second-order valence-electron chi connectivity index (χ2n) is 8.49. The average Bonchev–Trinajstić information content (AvgIpc) is 3.34. The quantitative estimate of drug-likeness (QED) is 0.269. The summed E-state index contributed by atoms with van der Waals surface area (Å²) in [5.74, 6) is -0.656. The Hall–Kier alpha value is -4.54. The lowest BCUT2D eigenvalue weighted by Gasteiger charge is -2.15. The fourth-order valence-corrected chi connectivity index (χ4v) is 5.39. The van der Waals surface area contributed by atoms with Gasteiger partial charge in [-0.25, -0.2) is 19.7 Å². The van der Waals surface area contributed by atoms with Crippen LogP contribution in [0.4, 0.5) is 13.2 Å². The van der Waals surface area contributed by atoms with E-state index in [9.17, 15) is 33.1 Å². The van der Waals surface area contributed by atoms with Crippen LogP contribution >= 0.6 is 22.9 Å². The smallest absolute Gasteiger partial charge is 0.416 e. The molecule has 0 saturated heterocycles. The summed E-state index contributed by atoms with van der Waals surface area (Å²) in [5, 5.41) is 20.5. The number of carbonyl (C=O) groups is 1. The average molecular weight is 586 g/mol. The first-order chi connectivity index (χ1) is 19.0. The molecule has 0 aliphatic heterocycles. The number of ether oxygens (including phenoxy) is 1. The number of aromatic carboxylic acids is 1. The van der Waals surface area contributed by atoms with Gasteiger partial charge >= 0.3 is 12.1 Å². The van der Waals surface area contributed by atoms with Crippen LogP contribution < -0.4 is 10.3 Å². The van der Waals surface area contributed by atoms with E-state index in [1.165, 1.54) is 23.2 Å². The van der Waals surface area contributed by atoms with Crippen molar-refractivity contribution >= 4 is 50.0 Å². The number of benzene rings is 2. The molecule has 3 heterocycles. The standard InChI is InChI=1S/C26H15ClF3N5O4S/c1-12-34-18-7-14(26(28,29)30)6-13(9-31)20(18)24(36)35(12)4-5-39-19-3-2-15(27)8-16(19)21-23-22(33-11-32-21)17(10-40-23)25(37)38/h2-3,6-8,10-11H,4-5H2,1H3,(H,37,38). The number of carboxylic acid groups (broad SMARTS) is 1. The van der Waals surface area contributed by atoms with E-state index in [1.807, 2.05) is 0 Å². The summed E-state index contributed by atoms with van der Waals surface area (Å²) in [4.78, 5) is 37.3. The molecule has 0 atom stereocenters. The van der Waals surface area contributed by atoms with Crippen LogP contribution in [0.2, 0.25) is 5.02 Å². The van der Waals surface area contributed by atoms with Gasteiger partial charge in [0.2, 0.25) is 0 Å². The van der Waals surface area contributed by atoms with Crippen LogP contribution in [0.25, 0.3) is 32.4 Å². The van der Waals surface area contributed by atoms with Crippen molar-refractivity contribution in [2.24, 2.45) is 0 Å². The zero-order valence-electron chi connectivity index (χ0n) is 20.3. The highest BCUT2D eigenvalue weighted by atomic mass is 35.5. The van der Waals surface area contributed by atoms with Gasteiger partial charge in [0.05, 0.1) is 50.0 Å². The van der Waals surface area contributed by atoms with Crippen molar-refractivity contribution in [2.75, 3.05) is 6.61 Å². The van der Waals surface area contributed by atoms with Gasteiger partial charge in [-0.15, -0.1) is 11.3 Å². The third kappa shape index (κ3) is 4.83. The Bertz CT molecular complexity index is 1930. The number of thiophene rings is 1. The van der Waals surface area contributed by atoms with E-state index in [-0.39, 0.29) is 41.0 Å². The fraction of sp³-hybridized carbons (Fsp3) is 0.154. The Labute approximate surface area is 231 Å². The van der Waals surface area contributed by atoms with Crippen LogP contribution in [0.5, 0.6) is 5.75 Å². The molecule has 0 amide bonds. The molecule has 0 bridgehead atoms. The summed E-state index contributed by atoms with van der Waals surface area (Å²) in [6.45, 7) is 1.36. The van der Waals surface area contributed by atoms with E-state index in [0.29, 0.717) is 32.8 Å². The van der Waals surface area contributed by atoms with E-state index in [4.69, 9.17) is 16.3 Å². The predicted octanol–water partition coefficient (Wildman–Crippen LogP) is 5.70. The molecule has 40 heavy (non-hydrogen) atoms. The molecular weight excluding hydrogens is 571 g/mol. The van der Waals surface area contributed by atoms with Crippen LogP contribution in [0.3, 0.4) is 0 Å². The number of nitriles is 1. The summed E-state index contributed by atoms with van der Waals surface area (Å²) < 4.78 is 47.5. The first kappa shape index (κ1) is 27.0. The highest BCUT2D eigenvalue weighted by Crippen LogP contribution is 2.38. The van der Waals surface area contributed by atoms with Gasteiger partial charge in [-0.3, -0.25) is 9.36 Å². The number of hydrogen-bond donors (Lipinski definition) is 1. The minimum atomic E-state index is -4.71. The van der Waals surface area contributed by atoms with E-state index < -0.39 is 28.8 Å². The van der Waals surface area contributed by atoms with Crippen LogP contribution in [0.15, 0.2) is 46.8 Å². The molecule has 9 nitrogen and oxygen atoms in total. The van der Waals surface area contributed by atoms with E-state index in [0.717, 1.165) is 17.4 Å². The van der Waals surface area contributed by atoms with Crippen molar-refractivity contribution in [3.8, 4) is 23.1 Å². The number of fused-ring (bicyclic) bond motifs is 2. The Morgan fingerprint density at radius 3 is 2.73 bits per heavy atom. The van der Waals surface area contributed by atoms with Gasteiger partial charge in [-0.1, -0.05) is 11.6 Å². The topological polar surface area (TPSA) is 131 Å². The molecule has 14 heteroatoms. The molecule has 0 saturated carbocycles. The summed E-state index contributed by atoms with van der Waals surface area (Å²) in [6, 6.07) is 7.82. The van der Waals surface area contributed by atoms with Gasteiger partial charge < -0.3 is 9.84 Å². The number of nitrogens with zero attached hydrogens (tertiary/aromatic N) is 5. The predicted molar refractivity (Wildman–Crippen MR) is 141 cm³/mol. The highest BCUT2D eigenvalue weighted by molar-refractivity contribution is 7.18. The molecule has 0 fully saturated rings. The Balaban J connectivity index is 1.49. The SMILES string of the molecule is Cc1nc2cc(C(F)(F)F)cc(C#N)c2c(=O)n1CCOc1ccc(Cl)cc1-c1ncnc2c(C(=O)O)csc12. The largest absolute Gasteiger partial charge is 0.491 e. The molecule has 0 aliphatic carbocycles. The van der Waals surface area contributed by atoms with Crippen molar-refractivity contribution in [3.63, 3.8) is 0 Å². The lowest BCUT2D eigenvalue weighted by Crippen LogP contribution is -2.27. The molecule has 5 aromatic rings. The maximum Gasteiger partial charge on any atom is 0.416 e. The Kier molecular flexibility index (Phi) is 6.91. The number of alkyl halides is 3. The molecule has 0 unspecified atom stereocenters. The van der Waals surface area contributed by atoms with Gasteiger partial charge in [0.1, 0.15) is 30.6 Å². The number of carboxylic acids is 1. The number of hydrogen-bond acceptors (Lipinski definition) is 8. The zero-order chi connectivity index (χ0) is 28.8. The lowest BCUT2D eigenvalue weighted by atomic mass is 10.1. The van der Waals surface area contributed by atoms with Crippen LogP contribution in [0, 0.1) is 18.3 Å². The van der Waals surface area contributed by atoms with Gasteiger partial charge in [0.25, 0.3) is 5.56 Å². The summed E-state index contributed by atoms with van der Waals surface area (Å²) >= 11 is 7.38. The van der Waals surface area contributed by atoms with Crippen molar-refractivity contribution in [1.29, 1.82) is 5.26 Å². The van der Waals surface area contributed by atoms with E-state index >= 15 is 0 Å². The molecule has 5 rings (SSSR count). The zero-order valence-corrected chi connectivity index (χ0v) is 21.9. The highest BCUT2D eigenvalue weighted by Gasteiger charge is 2.32. The van der Waals surface area contributed by atoms with Crippen molar-refractivity contribution in [1.82, 2.24) is 19.5 Å². The summed E-state index contributed by atoms with van der Waals surface area (Å²) in [5.41, 5.74) is -1.24. The number of rotatable bonds is 6. The second kappa shape index (κ2) is 10.2. The lowest BCUT2D eigenvalue weighted by molar-refractivity contribution is -0.137. The van der Waals surface area contributed by atoms with Gasteiger partial charge in [0, 0.05) is 16.0 Å². The van der Waals surface area contributed by atoms with Crippen molar-refractivity contribution in [2.45, 2.75) is 19.6 Å². The molecule has 1 N–H and O–H groups in total. The number of aryl methyl sites for hydroxylation is 1. The molecule has 0 radical (unpaired) electrons. The van der Waals surface area contributed by atoms with Gasteiger partial charge in [-0.05, 0) is 37.3 Å². The minimum absolute atomic E-state index is 0.0332. The molecule has 0 spiro atoms. The van der Waals surface area contributed by atoms with Crippen LogP contribution in [-0.4, -0.2) is 37.2 Å². The first-order valence-corrected chi connectivity index (χ1v) is 12.7. The molecule has 0 aliphatic rings. The maximum absolute atomic E-state index is 13.3. The Morgan fingerprint density at radius 1 is 1.25 bits per heavy atom. The number of aromatic nitrogens is 4. The summed E-state index contributed by atoms with van der Waals surface area (Å²) in [6.07, 6.45) is -3.47. The summed E-state index contributed by atoms with van der Waals surface area (Å²) in [7, 11) is 0. The van der Waals surface area contributed by atoms with Crippen molar-refractivity contribution in [3.05, 3.63) is 79.9 Å². The molecular formula is C26H15ClF3N5O4S. The maximum atomic E-state index is 13.3. The van der Waals surface area contributed by atoms with Gasteiger partial charge in [-0.2, -0.15) is 18.4 Å². The second-order valence-corrected chi connectivity index (χ2v) is 9.80. The van der Waals surface area contributed by atoms with Gasteiger partial charge in [0.15, 0.2) is 0 Å². The minimum Gasteiger partial charge on any atom is -0.491 e. The number of halogens is 4. The molecule has 3 aromatic heterocycles. The fourth-order valence-electron chi connectivity index (χ4n) is 4.23. The van der Waals surface area contributed by atoms with Crippen LogP contribution in [-0.2, 0) is 12.7 Å². The van der Waals surface area contributed by atoms with E-state index in [1.54, 1.807) is 24.3 Å². The monoisotopic (exact) mass is 585 g/mol. The third-order valence-electron chi connectivity index (χ3n) is 6.05.